The van der Waals surface area contributed by atoms with Crippen molar-refractivity contribution in [1.29, 1.82) is 0 Å². The Balaban J connectivity index is 1.07. The maximum absolute atomic E-state index is 2.48. The Hall–Kier alpha value is -6.76. The molecule has 236 valence electrons. The van der Waals surface area contributed by atoms with Crippen molar-refractivity contribution in [2.75, 3.05) is 0 Å². The molecule has 0 aromatic heterocycles. The largest absolute Gasteiger partial charge is 0.0622 e. The Kier molecular flexibility index (Phi) is 4.94. The summed E-state index contributed by atoms with van der Waals surface area (Å²) >= 11 is 0. The normalized spacial score (nSPS) is 12.6. The van der Waals surface area contributed by atoms with Gasteiger partial charge in [-0.3, -0.25) is 0 Å². The minimum absolute atomic E-state index is 1.26. The first-order valence-electron chi connectivity index (χ1n) is 18.3. The Morgan fingerprint density at radius 1 is 0.192 bits per heavy atom. The van der Waals surface area contributed by atoms with Gasteiger partial charge in [0.15, 0.2) is 0 Å². The zero-order chi connectivity index (χ0) is 33.7. The monoisotopic (exact) mass is 652 g/mol. The van der Waals surface area contributed by atoms with Gasteiger partial charge in [0, 0.05) is 0 Å². The number of rotatable bonds is 1. The van der Waals surface area contributed by atoms with Gasteiger partial charge in [0.05, 0.1) is 0 Å². The van der Waals surface area contributed by atoms with E-state index < -0.39 is 0 Å². The van der Waals surface area contributed by atoms with Crippen molar-refractivity contribution in [2.24, 2.45) is 0 Å². The molecule has 0 radical (unpaired) electrons. The second-order valence-corrected chi connectivity index (χ2v) is 14.8. The van der Waals surface area contributed by atoms with Crippen LogP contribution in [0.5, 0.6) is 0 Å². The molecular weight excluding hydrogens is 625 g/mol. The molecule has 11 aromatic rings. The highest BCUT2D eigenvalue weighted by molar-refractivity contribution is 6.30. The lowest BCUT2D eigenvalue weighted by molar-refractivity contribution is 1.66. The fraction of sp³-hybridized carbons (Fsp3) is 0. The van der Waals surface area contributed by atoms with E-state index in [4.69, 9.17) is 0 Å². The molecule has 0 heteroatoms. The molecule has 0 bridgehead atoms. The lowest BCUT2D eigenvalue weighted by Crippen LogP contribution is -1.86. The summed E-state index contributed by atoms with van der Waals surface area (Å²) in [6.45, 7) is 0. The number of hydrogen-bond acceptors (Lipinski definition) is 0. The summed E-state index contributed by atoms with van der Waals surface area (Å²) in [5, 5.41) is 18.5. The fourth-order valence-electron chi connectivity index (χ4n) is 10.00. The van der Waals surface area contributed by atoms with E-state index in [1.807, 2.05) is 0 Å². The molecule has 0 nitrogen and oxygen atoms in total. The minimum Gasteiger partial charge on any atom is -0.0622 e. The smallest absolute Gasteiger partial charge is 0.00137 e. The summed E-state index contributed by atoms with van der Waals surface area (Å²) in [6, 6.07) is 64.2. The topological polar surface area (TPSA) is 0 Å². The molecule has 0 unspecified atom stereocenters. The van der Waals surface area contributed by atoms with Crippen LogP contribution in [0.1, 0.15) is 0 Å². The number of fused-ring (bicyclic) bond motifs is 15. The predicted molar refractivity (Wildman–Crippen MR) is 223 cm³/mol. The van der Waals surface area contributed by atoms with Gasteiger partial charge in [-0.2, -0.15) is 0 Å². The van der Waals surface area contributed by atoms with E-state index in [1.165, 1.54) is 131 Å². The van der Waals surface area contributed by atoms with E-state index in [0.717, 1.165) is 0 Å². The number of hydrogen-bond donors (Lipinski definition) is 0. The lowest BCUT2D eigenvalue weighted by atomic mass is 9.90. The molecule has 0 heterocycles. The summed E-state index contributed by atoms with van der Waals surface area (Å²) in [5.41, 5.74) is 13.3. The van der Waals surface area contributed by atoms with Crippen molar-refractivity contribution >= 4 is 75.4 Å². The van der Waals surface area contributed by atoms with Crippen LogP contribution < -0.4 is 0 Å². The van der Waals surface area contributed by atoms with Gasteiger partial charge in [-0.25, -0.2) is 0 Å². The summed E-state index contributed by atoms with van der Waals surface area (Å²) in [7, 11) is 0. The molecule has 11 aromatic carbocycles. The van der Waals surface area contributed by atoms with E-state index in [9.17, 15) is 0 Å². The third-order valence-corrected chi connectivity index (χ3v) is 12.2. The highest BCUT2D eigenvalue weighted by atomic mass is 14.3. The first-order valence-corrected chi connectivity index (χ1v) is 18.3. The second kappa shape index (κ2) is 9.51. The van der Waals surface area contributed by atoms with E-state index >= 15 is 0 Å². The lowest BCUT2D eigenvalue weighted by Gasteiger charge is -2.13. The molecule has 0 amide bonds. The molecule has 0 saturated heterocycles. The van der Waals surface area contributed by atoms with Crippen molar-refractivity contribution in [1.82, 2.24) is 0 Å². The molecule has 2 aliphatic carbocycles. The molecule has 0 aliphatic heterocycles. The van der Waals surface area contributed by atoms with Crippen LogP contribution in [0, 0.1) is 0 Å². The van der Waals surface area contributed by atoms with E-state index in [0.29, 0.717) is 0 Å². The van der Waals surface area contributed by atoms with Gasteiger partial charge < -0.3 is 0 Å². The highest BCUT2D eigenvalue weighted by Crippen LogP contribution is 2.54. The minimum atomic E-state index is 1.26. The Bertz CT molecular complexity index is 3440. The Morgan fingerprint density at radius 2 is 0.692 bits per heavy atom. The van der Waals surface area contributed by atoms with Gasteiger partial charge in [0.2, 0.25) is 0 Å². The van der Waals surface area contributed by atoms with Gasteiger partial charge in [-0.15, -0.1) is 0 Å². The van der Waals surface area contributed by atoms with Crippen LogP contribution in [0.25, 0.3) is 131 Å². The van der Waals surface area contributed by atoms with Crippen LogP contribution in [-0.2, 0) is 0 Å². The summed E-state index contributed by atoms with van der Waals surface area (Å²) in [4.78, 5) is 0. The van der Waals surface area contributed by atoms with E-state index in [1.54, 1.807) is 0 Å². The van der Waals surface area contributed by atoms with Crippen molar-refractivity contribution in [3.05, 3.63) is 170 Å². The van der Waals surface area contributed by atoms with Crippen LogP contribution in [0.3, 0.4) is 0 Å². The number of benzene rings is 11. The average Bonchev–Trinajstić information content (AvgIpc) is 3.68. The molecule has 0 N–H and O–H groups in total. The van der Waals surface area contributed by atoms with Crippen LogP contribution in [0.4, 0.5) is 0 Å². The highest BCUT2D eigenvalue weighted by Gasteiger charge is 2.27. The quantitative estimate of drug-likeness (QED) is 0.155. The summed E-state index contributed by atoms with van der Waals surface area (Å²) in [5.74, 6) is 0. The molecular formula is C52H28. The molecule has 0 fully saturated rings. The van der Waals surface area contributed by atoms with Crippen LogP contribution in [0.2, 0.25) is 0 Å². The van der Waals surface area contributed by atoms with Gasteiger partial charge >= 0.3 is 0 Å². The van der Waals surface area contributed by atoms with Crippen LogP contribution >= 0.6 is 0 Å². The van der Waals surface area contributed by atoms with Gasteiger partial charge in [0.1, 0.15) is 0 Å². The molecule has 0 atom stereocenters. The van der Waals surface area contributed by atoms with Crippen molar-refractivity contribution in [2.45, 2.75) is 0 Å². The predicted octanol–water partition coefficient (Wildman–Crippen LogP) is 14.7. The fourth-order valence-corrected chi connectivity index (χ4v) is 10.00. The van der Waals surface area contributed by atoms with Gasteiger partial charge in [-0.1, -0.05) is 133 Å². The third-order valence-electron chi connectivity index (χ3n) is 12.2. The van der Waals surface area contributed by atoms with Crippen LogP contribution in [-0.4, -0.2) is 0 Å². The second-order valence-electron chi connectivity index (χ2n) is 14.8. The first kappa shape index (κ1) is 27.0. The zero-order valence-corrected chi connectivity index (χ0v) is 28.2. The van der Waals surface area contributed by atoms with Crippen LogP contribution in [0.15, 0.2) is 170 Å². The summed E-state index contributed by atoms with van der Waals surface area (Å²) < 4.78 is 0. The first-order chi connectivity index (χ1) is 25.8. The molecule has 0 saturated carbocycles. The van der Waals surface area contributed by atoms with Crippen molar-refractivity contribution < 1.29 is 0 Å². The zero-order valence-electron chi connectivity index (χ0n) is 28.2. The van der Waals surface area contributed by atoms with Crippen molar-refractivity contribution in [3.8, 4) is 55.6 Å². The molecule has 0 spiro atoms. The Labute approximate surface area is 299 Å². The average molecular weight is 653 g/mol. The maximum Gasteiger partial charge on any atom is -0.00137 e. The maximum atomic E-state index is 2.48. The van der Waals surface area contributed by atoms with Gasteiger partial charge in [-0.05, 0) is 167 Å². The summed E-state index contributed by atoms with van der Waals surface area (Å²) in [6.07, 6.45) is 0. The van der Waals surface area contributed by atoms with E-state index in [2.05, 4.69) is 170 Å². The SMILES string of the molecule is c1ccc(-c2ccc3c4c(cc5ccccc5c24)-c2cc4ccc5c6cc7c(cc6ccc5c4cc2-3)-c2cc3ccccc3c3cccc-7c23)cc1. The van der Waals surface area contributed by atoms with Crippen molar-refractivity contribution in [3.63, 3.8) is 0 Å². The standard InChI is InChI=1S/C52H28/c1-2-9-29(10-3-1)36-21-22-41-47-28-43-33(24-45(47)49-26-31-12-5-7-14-35(31)51(36)52(41)49)18-20-37-38(43)19-17-32-23-44-46(27-42(32)37)40-16-8-15-39-34-13-6-4-11-30(34)25-48(44)50(39)40/h1-28H. The van der Waals surface area contributed by atoms with E-state index in [-0.39, 0.29) is 0 Å². The van der Waals surface area contributed by atoms with Gasteiger partial charge in [0.25, 0.3) is 0 Å². The molecule has 13 rings (SSSR count). The molecule has 2 aliphatic rings. The Morgan fingerprint density at radius 3 is 1.40 bits per heavy atom. The third kappa shape index (κ3) is 3.33. The molecule has 52 heavy (non-hydrogen) atoms.